The second kappa shape index (κ2) is 6.59. The molecule has 0 aliphatic rings. The van der Waals surface area contributed by atoms with Crippen LogP contribution in [-0.2, 0) is 14.8 Å². The van der Waals surface area contributed by atoms with E-state index in [-0.39, 0.29) is 0 Å². The van der Waals surface area contributed by atoms with Gasteiger partial charge in [-0.05, 0) is 12.1 Å². The minimum absolute atomic E-state index is 0.375. The summed E-state index contributed by atoms with van der Waals surface area (Å²) in [4.78, 5) is 9.43. The first-order valence-electron chi connectivity index (χ1n) is 5.71. The molecule has 1 aromatic carbocycles. The quantitative estimate of drug-likeness (QED) is 0.756. The van der Waals surface area contributed by atoms with Crippen LogP contribution in [0, 0.1) is 5.82 Å². The van der Waals surface area contributed by atoms with E-state index in [1.165, 1.54) is 0 Å². The Morgan fingerprint density at radius 2 is 1.87 bits per heavy atom. The van der Waals surface area contributed by atoms with E-state index in [2.05, 4.69) is 0 Å². The number of sulfonamides is 1. The average Bonchev–Trinajstić information content (AvgIpc) is 2.39. The minimum Gasteiger partial charge on any atom is -0.479 e. The van der Waals surface area contributed by atoms with Crippen molar-refractivity contribution in [3.05, 3.63) is 29.0 Å². The fraction of sp³-hybridized carbons (Fsp3) is 0.364. The Labute approximate surface area is 132 Å². The van der Waals surface area contributed by atoms with Crippen molar-refractivity contribution in [1.82, 2.24) is 4.31 Å². The van der Waals surface area contributed by atoms with Crippen molar-refractivity contribution in [3.8, 4) is 0 Å². The SMILES string of the molecule is CN([C@@H]([C@@H](O)C(=O)O)C(F)(F)F)S(=O)(=O)c1cccc(Cl)c1F. The number of halogens is 5. The van der Waals surface area contributed by atoms with Gasteiger partial charge in [-0.2, -0.15) is 17.5 Å². The number of carboxylic acid groups (broad SMARTS) is 1. The molecular weight excluding hydrogens is 370 g/mol. The van der Waals surface area contributed by atoms with E-state index >= 15 is 0 Å². The zero-order valence-corrected chi connectivity index (χ0v) is 12.8. The first-order chi connectivity index (χ1) is 10.3. The summed E-state index contributed by atoms with van der Waals surface area (Å²) in [6.07, 6.45) is -8.52. The third-order valence-electron chi connectivity index (χ3n) is 2.85. The second-order valence-electron chi connectivity index (χ2n) is 4.34. The van der Waals surface area contributed by atoms with Crippen molar-refractivity contribution in [3.63, 3.8) is 0 Å². The normalized spacial score (nSPS) is 15.5. The van der Waals surface area contributed by atoms with Gasteiger partial charge in [-0.15, -0.1) is 0 Å². The summed E-state index contributed by atoms with van der Waals surface area (Å²) in [5.41, 5.74) is 0. The molecule has 0 heterocycles. The maximum atomic E-state index is 13.8. The van der Waals surface area contributed by atoms with E-state index in [9.17, 15) is 35.9 Å². The van der Waals surface area contributed by atoms with Crippen molar-refractivity contribution in [2.24, 2.45) is 0 Å². The highest BCUT2D eigenvalue weighted by atomic mass is 35.5. The van der Waals surface area contributed by atoms with Gasteiger partial charge in [0.1, 0.15) is 4.90 Å². The third-order valence-corrected chi connectivity index (χ3v) is 5.00. The summed E-state index contributed by atoms with van der Waals surface area (Å²) in [7, 11) is -4.75. The summed E-state index contributed by atoms with van der Waals surface area (Å²) < 4.78 is 76.5. The van der Waals surface area contributed by atoms with Gasteiger partial charge in [0.2, 0.25) is 10.0 Å². The van der Waals surface area contributed by atoms with Gasteiger partial charge in [-0.25, -0.2) is 17.6 Å². The highest BCUT2D eigenvalue weighted by Crippen LogP contribution is 2.32. The number of aliphatic hydroxyl groups excluding tert-OH is 1. The Kier molecular flexibility index (Phi) is 5.62. The smallest absolute Gasteiger partial charge is 0.408 e. The molecule has 23 heavy (non-hydrogen) atoms. The van der Waals surface area contributed by atoms with E-state index < -0.39 is 54.4 Å². The molecule has 130 valence electrons. The van der Waals surface area contributed by atoms with Crippen LogP contribution in [0.4, 0.5) is 17.6 Å². The maximum Gasteiger partial charge on any atom is 0.408 e. The molecule has 0 fully saturated rings. The number of nitrogens with zero attached hydrogens (tertiary/aromatic N) is 1. The molecule has 0 aliphatic carbocycles. The highest BCUT2D eigenvalue weighted by Gasteiger charge is 2.53. The summed E-state index contributed by atoms with van der Waals surface area (Å²) in [5.74, 6) is -3.78. The Bertz CT molecular complexity index is 709. The van der Waals surface area contributed by atoms with E-state index in [1.807, 2.05) is 0 Å². The van der Waals surface area contributed by atoms with Crippen LogP contribution in [0.1, 0.15) is 0 Å². The number of carboxylic acids is 1. The molecule has 1 rings (SSSR count). The van der Waals surface area contributed by atoms with Crippen LogP contribution in [0.2, 0.25) is 5.02 Å². The van der Waals surface area contributed by atoms with Crippen LogP contribution in [0.15, 0.2) is 23.1 Å². The van der Waals surface area contributed by atoms with E-state index in [4.69, 9.17) is 16.7 Å². The molecule has 2 N–H and O–H groups in total. The number of aliphatic hydroxyl groups is 1. The number of hydrogen-bond acceptors (Lipinski definition) is 4. The van der Waals surface area contributed by atoms with Crippen LogP contribution in [0.25, 0.3) is 0 Å². The summed E-state index contributed by atoms with van der Waals surface area (Å²) in [5, 5.41) is 17.1. The molecule has 0 aromatic heterocycles. The predicted octanol–water partition coefficient (Wildman–Crippen LogP) is 1.48. The Morgan fingerprint density at radius 3 is 2.30 bits per heavy atom. The van der Waals surface area contributed by atoms with Crippen LogP contribution in [0.3, 0.4) is 0 Å². The topological polar surface area (TPSA) is 94.9 Å². The molecule has 1 aromatic rings. The lowest BCUT2D eigenvalue weighted by Crippen LogP contribution is -2.55. The molecule has 0 unspecified atom stereocenters. The summed E-state index contributed by atoms with van der Waals surface area (Å²) >= 11 is 5.38. The Hall–Kier alpha value is -1.43. The highest BCUT2D eigenvalue weighted by molar-refractivity contribution is 7.89. The van der Waals surface area contributed by atoms with Crippen LogP contribution < -0.4 is 0 Å². The van der Waals surface area contributed by atoms with Gasteiger partial charge in [0.25, 0.3) is 0 Å². The van der Waals surface area contributed by atoms with Crippen molar-refractivity contribution < 1.29 is 41.0 Å². The van der Waals surface area contributed by atoms with Crippen molar-refractivity contribution >= 4 is 27.6 Å². The van der Waals surface area contributed by atoms with Crippen molar-refractivity contribution in [2.45, 2.75) is 23.2 Å². The zero-order valence-electron chi connectivity index (χ0n) is 11.3. The molecule has 0 radical (unpaired) electrons. The number of hydrogen-bond donors (Lipinski definition) is 2. The van der Waals surface area contributed by atoms with Gasteiger partial charge >= 0.3 is 12.1 Å². The number of aliphatic carboxylic acids is 1. The van der Waals surface area contributed by atoms with Crippen LogP contribution >= 0.6 is 11.6 Å². The lowest BCUT2D eigenvalue weighted by molar-refractivity contribution is -0.200. The Balaban J connectivity index is 3.45. The monoisotopic (exact) mass is 379 g/mol. The zero-order chi connectivity index (χ0) is 18.2. The molecule has 0 amide bonds. The number of alkyl halides is 3. The molecular formula is C11H10ClF4NO5S. The Morgan fingerprint density at radius 1 is 1.35 bits per heavy atom. The van der Waals surface area contributed by atoms with E-state index in [0.717, 1.165) is 12.1 Å². The number of rotatable bonds is 5. The second-order valence-corrected chi connectivity index (χ2v) is 6.72. The predicted molar refractivity (Wildman–Crippen MR) is 69.8 cm³/mol. The first kappa shape index (κ1) is 19.6. The van der Waals surface area contributed by atoms with Crippen LogP contribution in [0.5, 0.6) is 0 Å². The lowest BCUT2D eigenvalue weighted by atomic mass is 10.1. The summed E-state index contributed by atoms with van der Waals surface area (Å²) in [6.45, 7) is 0. The molecule has 0 spiro atoms. The number of benzene rings is 1. The van der Waals surface area contributed by atoms with Gasteiger partial charge in [0.15, 0.2) is 18.0 Å². The molecule has 12 heteroatoms. The largest absolute Gasteiger partial charge is 0.479 e. The molecule has 2 atom stereocenters. The molecule has 6 nitrogen and oxygen atoms in total. The van der Waals surface area contributed by atoms with Gasteiger partial charge in [-0.3, -0.25) is 0 Å². The van der Waals surface area contributed by atoms with Gasteiger partial charge in [-0.1, -0.05) is 17.7 Å². The number of carbonyl (C=O) groups is 1. The fourth-order valence-electron chi connectivity index (χ4n) is 1.71. The first-order valence-corrected chi connectivity index (χ1v) is 7.53. The van der Waals surface area contributed by atoms with E-state index in [1.54, 1.807) is 0 Å². The van der Waals surface area contributed by atoms with Crippen molar-refractivity contribution in [2.75, 3.05) is 7.05 Å². The minimum atomic E-state index is -5.42. The van der Waals surface area contributed by atoms with Crippen molar-refractivity contribution in [1.29, 1.82) is 0 Å². The standard InChI is InChI=1S/C11H10ClF4NO5S/c1-17(9(11(14,15)16)8(18)10(19)20)23(21,22)6-4-2-3-5(12)7(6)13/h2-4,8-9,18H,1H3,(H,19,20)/t8-,9+/m1/s1. The molecule has 0 saturated carbocycles. The van der Waals surface area contributed by atoms with Gasteiger partial charge < -0.3 is 10.2 Å². The van der Waals surface area contributed by atoms with Crippen LogP contribution in [-0.4, -0.2) is 54.3 Å². The third kappa shape index (κ3) is 3.91. The summed E-state index contributed by atoms with van der Waals surface area (Å²) in [6, 6.07) is -0.692. The maximum absolute atomic E-state index is 13.8. The lowest BCUT2D eigenvalue weighted by Gasteiger charge is -2.30. The van der Waals surface area contributed by atoms with E-state index in [0.29, 0.717) is 13.1 Å². The molecule has 0 aliphatic heterocycles. The van der Waals surface area contributed by atoms with Gasteiger partial charge in [0, 0.05) is 7.05 Å². The number of likely N-dealkylation sites (N-methyl/N-ethyl adjacent to an activating group) is 1. The fourth-order valence-corrected chi connectivity index (χ4v) is 3.37. The average molecular weight is 380 g/mol. The van der Waals surface area contributed by atoms with Gasteiger partial charge in [0.05, 0.1) is 5.02 Å². The molecule has 0 saturated heterocycles. The molecule has 0 bridgehead atoms.